The average molecular weight is 713 g/mol. The molecule has 0 saturated heterocycles. The van der Waals surface area contributed by atoms with E-state index in [0.29, 0.717) is 0 Å². The molecule has 21 heteroatoms. The Morgan fingerprint density at radius 2 is 0.840 bits per heavy atom. The topological polar surface area (TPSA) is 145 Å². The Morgan fingerprint density at radius 1 is 0.500 bits per heavy atom. The van der Waals surface area contributed by atoms with Gasteiger partial charge in [-0.2, -0.15) is 52.7 Å². The Morgan fingerprint density at radius 3 is 1.12 bits per heavy atom. The van der Waals surface area contributed by atoms with E-state index >= 15 is 17.6 Å². The molecule has 1 aliphatic carbocycles. The van der Waals surface area contributed by atoms with E-state index in [-0.39, 0.29) is 6.20 Å². The van der Waals surface area contributed by atoms with E-state index in [1.807, 2.05) is 0 Å². The zero-order chi connectivity index (χ0) is 37.8. The predicted octanol–water partition coefficient (Wildman–Crippen LogP) is 7.62. The molecule has 0 N–H and O–H groups in total. The summed E-state index contributed by atoms with van der Waals surface area (Å²) in [7, 11) is 0. The summed E-state index contributed by atoms with van der Waals surface area (Å²) >= 11 is 0. The van der Waals surface area contributed by atoms with E-state index in [4.69, 9.17) is 10.5 Å². The van der Waals surface area contributed by atoms with Gasteiger partial charge in [-0.15, -0.1) is 0 Å². The van der Waals surface area contributed by atoms with Crippen LogP contribution >= 0.6 is 0 Å². The van der Waals surface area contributed by atoms with Gasteiger partial charge in [-0.1, -0.05) is 0 Å². The molecular formula is C29HF14N7. The summed E-state index contributed by atoms with van der Waals surface area (Å²) in [5.41, 5.74) is -21.9. The molecule has 0 amide bonds. The Hall–Kier alpha value is -6.79. The van der Waals surface area contributed by atoms with Crippen LogP contribution in [0, 0.1) is 103 Å². The van der Waals surface area contributed by atoms with Crippen LogP contribution in [0.3, 0.4) is 0 Å². The van der Waals surface area contributed by atoms with Gasteiger partial charge in [0.25, 0.3) is 0 Å². The highest BCUT2D eigenvalue weighted by Gasteiger charge is 2.48. The Balaban J connectivity index is 2.35. The van der Waals surface area contributed by atoms with Crippen LogP contribution < -0.4 is 0 Å². The van der Waals surface area contributed by atoms with Crippen LogP contribution in [-0.4, -0.2) is 9.97 Å². The number of aromatic nitrogens is 2. The number of rotatable bonds is 3. The molecule has 0 atom stereocenters. The Kier molecular flexibility index (Phi) is 8.90. The van der Waals surface area contributed by atoms with Gasteiger partial charge in [0.15, 0.2) is 52.2 Å². The molecule has 250 valence electrons. The van der Waals surface area contributed by atoms with Gasteiger partial charge in [0, 0.05) is 28.5 Å². The highest BCUT2D eigenvalue weighted by Crippen LogP contribution is 2.57. The summed E-state index contributed by atoms with van der Waals surface area (Å²) in [5, 5.41) is 47.2. The molecule has 7 nitrogen and oxygen atoms in total. The van der Waals surface area contributed by atoms with Crippen LogP contribution in [0.1, 0.15) is 39.3 Å². The highest BCUT2D eigenvalue weighted by molar-refractivity contribution is 6.12. The molecular weight excluding hydrogens is 712 g/mol. The fourth-order valence-electron chi connectivity index (χ4n) is 4.48. The number of hydrogen-bond acceptors (Lipinski definition) is 7. The third kappa shape index (κ3) is 5.49. The van der Waals surface area contributed by atoms with Gasteiger partial charge in [0.2, 0.25) is 5.82 Å². The number of nitriles is 5. The lowest BCUT2D eigenvalue weighted by Crippen LogP contribution is -2.19. The standard InChI is InChI=1S/C29HF14N7/c30-18-10(4-47)19(31)23(35)16(22(18)34)8(2-45)14-13(7(1-44)12-6-49-27(29(41,42)43)50-26(12)28(38,39)40)15(14)9(3-46)17-24(36)20(32)11(5-48)21(33)25(17)37/h6H/b13-7-,14-8?,15-9-. The molecule has 1 aromatic heterocycles. The SMILES string of the molecule is N#CC(=C1C(=C(\C#N)c2cnc(C(F)(F)F)nc2C(F)(F)F)/C1=C(\C#N)c1c(F)c(F)c(C#N)c(F)c1F)c1c(F)c(F)c(C#N)c(F)c1F. The largest absolute Gasteiger partial charge is 0.451 e. The molecule has 1 heterocycles. The number of hydrogen-bond donors (Lipinski definition) is 0. The molecule has 2 aromatic carbocycles. The first-order valence-corrected chi connectivity index (χ1v) is 12.2. The van der Waals surface area contributed by atoms with E-state index < -0.39 is 132 Å². The lowest BCUT2D eigenvalue weighted by molar-refractivity contribution is -0.152. The minimum atomic E-state index is -5.91. The van der Waals surface area contributed by atoms with E-state index in [9.17, 15) is 59.7 Å². The molecule has 0 aliphatic heterocycles. The van der Waals surface area contributed by atoms with Crippen molar-refractivity contribution in [2.24, 2.45) is 0 Å². The smallest absolute Gasteiger partial charge is 0.232 e. The number of allylic oxidation sites excluding steroid dienone is 6. The zero-order valence-electron chi connectivity index (χ0n) is 23.0. The second kappa shape index (κ2) is 12.3. The molecule has 0 unspecified atom stereocenters. The van der Waals surface area contributed by atoms with Crippen LogP contribution in [-0.2, 0) is 12.4 Å². The average Bonchev–Trinajstić information content (AvgIpc) is 3.76. The van der Waals surface area contributed by atoms with Gasteiger partial charge in [-0.05, 0) is 0 Å². The van der Waals surface area contributed by atoms with Crippen LogP contribution in [0.4, 0.5) is 61.5 Å². The van der Waals surface area contributed by atoms with Gasteiger partial charge in [0.05, 0.1) is 27.8 Å². The Bertz CT molecular complexity index is 2210. The maximum Gasteiger partial charge on any atom is 0.451 e. The molecule has 0 bridgehead atoms. The number of halogens is 14. The van der Waals surface area contributed by atoms with Crippen LogP contribution in [0.2, 0.25) is 0 Å². The van der Waals surface area contributed by atoms with Gasteiger partial charge >= 0.3 is 12.4 Å². The van der Waals surface area contributed by atoms with Crippen molar-refractivity contribution in [1.29, 1.82) is 26.3 Å². The predicted molar refractivity (Wildman–Crippen MR) is 132 cm³/mol. The van der Waals surface area contributed by atoms with Crippen molar-refractivity contribution in [3.05, 3.63) is 109 Å². The van der Waals surface area contributed by atoms with Crippen molar-refractivity contribution in [1.82, 2.24) is 9.97 Å². The van der Waals surface area contributed by atoms with Crippen molar-refractivity contribution >= 4 is 16.7 Å². The second-order valence-corrected chi connectivity index (χ2v) is 9.27. The summed E-state index contributed by atoms with van der Waals surface area (Å²) in [4.78, 5) is 4.98. The fourth-order valence-corrected chi connectivity index (χ4v) is 4.48. The maximum atomic E-state index is 15.1. The number of alkyl halides is 6. The summed E-state index contributed by atoms with van der Waals surface area (Å²) in [6, 6.07) is 4.35. The van der Waals surface area contributed by atoms with Crippen molar-refractivity contribution in [3.8, 4) is 30.3 Å². The first kappa shape index (κ1) is 36.1. The van der Waals surface area contributed by atoms with E-state index in [0.717, 1.165) is 30.3 Å². The lowest BCUT2D eigenvalue weighted by atomic mass is 9.99. The number of nitrogens with zero attached hydrogens (tertiary/aromatic N) is 7. The minimum Gasteiger partial charge on any atom is -0.232 e. The first-order chi connectivity index (χ1) is 23.2. The van der Waals surface area contributed by atoms with Gasteiger partial charge in [-0.25, -0.2) is 45.1 Å². The summed E-state index contributed by atoms with van der Waals surface area (Å²) in [6.07, 6.45) is -11.8. The van der Waals surface area contributed by atoms with Gasteiger partial charge < -0.3 is 0 Å². The highest BCUT2D eigenvalue weighted by atomic mass is 19.4. The number of benzene rings is 2. The minimum absolute atomic E-state index is 0.277. The van der Waals surface area contributed by atoms with E-state index in [1.165, 1.54) is 0 Å². The quantitative estimate of drug-likeness (QED) is 0.154. The molecule has 0 radical (unpaired) electrons. The van der Waals surface area contributed by atoms with Gasteiger partial charge in [-0.3, -0.25) is 0 Å². The fraction of sp³-hybridized carbons (Fsp3) is 0.0690. The molecule has 3 aromatic rings. The molecule has 1 aliphatic rings. The maximum absolute atomic E-state index is 15.1. The summed E-state index contributed by atoms with van der Waals surface area (Å²) < 4.78 is 200. The third-order valence-corrected chi connectivity index (χ3v) is 6.60. The first-order valence-electron chi connectivity index (χ1n) is 12.2. The normalized spacial score (nSPS) is 15.6. The Labute approximate surface area is 266 Å². The van der Waals surface area contributed by atoms with Crippen molar-refractivity contribution < 1.29 is 61.5 Å². The third-order valence-electron chi connectivity index (χ3n) is 6.60. The molecule has 1 saturated carbocycles. The van der Waals surface area contributed by atoms with Crippen molar-refractivity contribution in [2.75, 3.05) is 0 Å². The van der Waals surface area contributed by atoms with E-state index in [1.54, 1.807) is 0 Å². The summed E-state index contributed by atoms with van der Waals surface area (Å²) in [6.45, 7) is 0. The van der Waals surface area contributed by atoms with Crippen LogP contribution in [0.15, 0.2) is 22.9 Å². The molecule has 50 heavy (non-hydrogen) atoms. The van der Waals surface area contributed by atoms with Crippen LogP contribution in [0.25, 0.3) is 16.7 Å². The zero-order valence-corrected chi connectivity index (χ0v) is 23.0. The molecule has 1 fully saturated rings. The van der Waals surface area contributed by atoms with Crippen LogP contribution in [0.5, 0.6) is 0 Å². The monoisotopic (exact) mass is 713 g/mol. The molecule has 0 spiro atoms. The van der Waals surface area contributed by atoms with Gasteiger partial charge in [0.1, 0.15) is 41.5 Å². The summed E-state index contributed by atoms with van der Waals surface area (Å²) in [5.74, 6) is -22.6. The van der Waals surface area contributed by atoms with E-state index in [2.05, 4.69) is 9.97 Å². The lowest BCUT2D eigenvalue weighted by Gasteiger charge is -2.13. The van der Waals surface area contributed by atoms with Crippen molar-refractivity contribution in [3.63, 3.8) is 0 Å². The van der Waals surface area contributed by atoms with Crippen molar-refractivity contribution in [2.45, 2.75) is 12.4 Å². The molecule has 4 rings (SSSR count). The second-order valence-electron chi connectivity index (χ2n) is 9.27.